The first kappa shape index (κ1) is 26.9. The first-order valence-electron chi connectivity index (χ1n) is 12.8. The van der Waals surface area contributed by atoms with Gasteiger partial charge in [0.05, 0.1) is 29.3 Å². The van der Waals surface area contributed by atoms with E-state index in [0.717, 1.165) is 28.8 Å². The molecule has 3 heterocycles. The number of nitrogens with zero attached hydrogens (tertiary/aromatic N) is 2. The van der Waals surface area contributed by atoms with Crippen LogP contribution in [0.1, 0.15) is 57.0 Å². The minimum absolute atomic E-state index is 0.0552. The number of anilines is 2. The van der Waals surface area contributed by atoms with Gasteiger partial charge >= 0.3 is 5.97 Å². The maximum Gasteiger partial charge on any atom is 0.341 e. The predicted molar refractivity (Wildman–Crippen MR) is 149 cm³/mol. The van der Waals surface area contributed by atoms with E-state index >= 15 is 0 Å². The molecule has 0 saturated carbocycles. The van der Waals surface area contributed by atoms with E-state index in [0.29, 0.717) is 42.3 Å². The molecule has 11 heteroatoms. The van der Waals surface area contributed by atoms with Crippen molar-refractivity contribution < 1.29 is 27.5 Å². The van der Waals surface area contributed by atoms with Gasteiger partial charge in [-0.25, -0.2) is 13.2 Å². The summed E-state index contributed by atoms with van der Waals surface area (Å²) in [6, 6.07) is 13.3. The van der Waals surface area contributed by atoms with Crippen LogP contribution in [-0.2, 0) is 38.9 Å². The molecule has 0 unspecified atom stereocenters. The van der Waals surface area contributed by atoms with E-state index in [9.17, 15) is 22.8 Å². The van der Waals surface area contributed by atoms with Gasteiger partial charge in [0, 0.05) is 30.5 Å². The molecule has 204 valence electrons. The molecule has 0 fully saturated rings. The number of fused-ring (bicyclic) bond motifs is 2. The van der Waals surface area contributed by atoms with Crippen molar-refractivity contribution in [1.29, 1.82) is 0 Å². The number of esters is 1. The second-order valence-electron chi connectivity index (χ2n) is 9.41. The second-order valence-corrected chi connectivity index (χ2v) is 12.4. The zero-order valence-corrected chi connectivity index (χ0v) is 23.4. The molecule has 0 spiro atoms. The summed E-state index contributed by atoms with van der Waals surface area (Å²) in [4.78, 5) is 40.5. The monoisotopic (exact) mass is 567 g/mol. The van der Waals surface area contributed by atoms with Crippen LogP contribution in [0.5, 0.6) is 0 Å². The summed E-state index contributed by atoms with van der Waals surface area (Å²) in [6.07, 6.45) is 2.05. The lowest BCUT2D eigenvalue weighted by molar-refractivity contribution is -0.129. The number of rotatable bonds is 6. The van der Waals surface area contributed by atoms with Crippen molar-refractivity contribution in [2.45, 2.75) is 44.6 Å². The highest BCUT2D eigenvalue weighted by molar-refractivity contribution is 7.92. The SMILES string of the molecule is CCOC(=O)c1c(NC(=O)c2ccc(S(=O)(=O)N3CCCc4ccccc43)cc2)sc2c1CCN(C(C)=O)C2. The van der Waals surface area contributed by atoms with Crippen LogP contribution in [0, 0.1) is 0 Å². The fraction of sp³-hybridized carbons (Fsp3) is 0.321. The lowest BCUT2D eigenvalue weighted by atomic mass is 10.0. The largest absolute Gasteiger partial charge is 0.462 e. The van der Waals surface area contributed by atoms with Crippen LogP contribution in [0.3, 0.4) is 0 Å². The van der Waals surface area contributed by atoms with Gasteiger partial charge in [-0.2, -0.15) is 0 Å². The highest BCUT2D eigenvalue weighted by Crippen LogP contribution is 2.38. The molecule has 1 N–H and O–H groups in total. The Morgan fingerprint density at radius 1 is 1.03 bits per heavy atom. The van der Waals surface area contributed by atoms with Gasteiger partial charge in [0.15, 0.2) is 0 Å². The van der Waals surface area contributed by atoms with Gasteiger partial charge in [0.2, 0.25) is 5.91 Å². The summed E-state index contributed by atoms with van der Waals surface area (Å²) in [5, 5.41) is 3.17. The van der Waals surface area contributed by atoms with Crippen LogP contribution in [-0.4, -0.2) is 50.8 Å². The molecule has 2 aliphatic heterocycles. The standard InChI is InChI=1S/C28H29N3O6S2/c1-3-37-28(34)25-22-14-16-30(18(2)32)17-24(22)38-27(25)29-26(33)20-10-12-21(13-11-20)39(35,36)31-15-6-8-19-7-4-5-9-23(19)31/h4-5,7,9-13H,3,6,8,14-17H2,1-2H3,(H,29,33). The molecular weight excluding hydrogens is 538 g/mol. The Bertz CT molecular complexity index is 1550. The first-order valence-corrected chi connectivity index (χ1v) is 15.1. The zero-order valence-electron chi connectivity index (χ0n) is 21.7. The normalized spacial score (nSPS) is 14.8. The maximum atomic E-state index is 13.4. The van der Waals surface area contributed by atoms with Crippen LogP contribution < -0.4 is 9.62 Å². The van der Waals surface area contributed by atoms with Crippen molar-refractivity contribution in [2.75, 3.05) is 29.3 Å². The molecule has 0 saturated heterocycles. The smallest absolute Gasteiger partial charge is 0.341 e. The van der Waals surface area contributed by atoms with Crippen molar-refractivity contribution in [3.63, 3.8) is 0 Å². The van der Waals surface area contributed by atoms with Crippen LogP contribution in [0.4, 0.5) is 10.7 Å². The Morgan fingerprint density at radius 2 is 1.77 bits per heavy atom. The number of hydrogen-bond donors (Lipinski definition) is 1. The van der Waals surface area contributed by atoms with Crippen molar-refractivity contribution in [2.24, 2.45) is 0 Å². The van der Waals surface area contributed by atoms with Crippen LogP contribution >= 0.6 is 11.3 Å². The molecular formula is C28H29N3O6S2. The fourth-order valence-corrected chi connectivity index (χ4v) is 7.80. The first-order chi connectivity index (χ1) is 18.7. The Kier molecular flexibility index (Phi) is 7.46. The Morgan fingerprint density at radius 3 is 2.49 bits per heavy atom. The molecule has 2 amide bonds. The third-order valence-corrected chi connectivity index (χ3v) is 9.94. The number of carbonyl (C=O) groups is 3. The number of hydrogen-bond acceptors (Lipinski definition) is 7. The number of ether oxygens (including phenoxy) is 1. The van der Waals surface area contributed by atoms with Gasteiger partial charge in [-0.05, 0) is 67.6 Å². The number of benzene rings is 2. The van der Waals surface area contributed by atoms with Crippen molar-refractivity contribution in [3.8, 4) is 0 Å². The number of sulfonamides is 1. The molecule has 0 atom stereocenters. The van der Waals surface area contributed by atoms with Crippen molar-refractivity contribution >= 4 is 49.8 Å². The summed E-state index contributed by atoms with van der Waals surface area (Å²) in [7, 11) is -3.81. The topological polar surface area (TPSA) is 113 Å². The lowest BCUT2D eigenvalue weighted by Gasteiger charge is -2.30. The summed E-state index contributed by atoms with van der Waals surface area (Å²) in [6.45, 7) is 4.64. The van der Waals surface area contributed by atoms with E-state index in [1.54, 1.807) is 11.8 Å². The average Bonchev–Trinajstić information content (AvgIpc) is 3.29. The minimum atomic E-state index is -3.81. The molecule has 2 aromatic carbocycles. The van der Waals surface area contributed by atoms with E-state index in [2.05, 4.69) is 5.32 Å². The predicted octanol–water partition coefficient (Wildman–Crippen LogP) is 4.22. The van der Waals surface area contributed by atoms with E-state index in [1.165, 1.54) is 46.8 Å². The maximum absolute atomic E-state index is 13.4. The number of para-hydroxylation sites is 1. The Hall–Kier alpha value is -3.70. The highest BCUT2D eigenvalue weighted by atomic mass is 32.2. The van der Waals surface area contributed by atoms with Crippen LogP contribution in [0.25, 0.3) is 0 Å². The van der Waals surface area contributed by atoms with E-state index in [1.807, 2.05) is 24.3 Å². The van der Waals surface area contributed by atoms with E-state index in [4.69, 9.17) is 4.74 Å². The summed E-state index contributed by atoms with van der Waals surface area (Å²) < 4.78 is 33.6. The molecule has 0 bridgehead atoms. The van der Waals surface area contributed by atoms with E-state index < -0.39 is 21.9 Å². The van der Waals surface area contributed by atoms with Gasteiger partial charge in [-0.1, -0.05) is 18.2 Å². The average molecular weight is 568 g/mol. The number of carbonyl (C=O) groups excluding carboxylic acids is 3. The molecule has 0 radical (unpaired) electrons. The third kappa shape index (κ3) is 5.16. The lowest BCUT2D eigenvalue weighted by Crippen LogP contribution is -2.35. The Labute approximate surface area is 231 Å². The quantitative estimate of drug-likeness (QED) is 0.446. The molecule has 5 rings (SSSR count). The molecule has 3 aromatic rings. The van der Waals surface area contributed by atoms with Crippen molar-refractivity contribution in [1.82, 2.24) is 4.90 Å². The second kappa shape index (κ2) is 10.8. The number of amides is 2. The highest BCUT2D eigenvalue weighted by Gasteiger charge is 2.31. The number of thiophene rings is 1. The molecule has 39 heavy (non-hydrogen) atoms. The van der Waals surface area contributed by atoms with Gasteiger partial charge in [0.1, 0.15) is 5.00 Å². The molecule has 9 nitrogen and oxygen atoms in total. The summed E-state index contributed by atoms with van der Waals surface area (Å²) in [5.41, 5.74) is 3.03. The summed E-state index contributed by atoms with van der Waals surface area (Å²) >= 11 is 1.25. The molecule has 1 aromatic heterocycles. The van der Waals surface area contributed by atoms with Crippen molar-refractivity contribution in [3.05, 3.63) is 75.7 Å². The van der Waals surface area contributed by atoms with Gasteiger partial charge < -0.3 is 15.0 Å². The van der Waals surface area contributed by atoms with Gasteiger partial charge in [-0.3, -0.25) is 13.9 Å². The Balaban J connectivity index is 1.39. The van der Waals surface area contributed by atoms with Gasteiger partial charge in [0.25, 0.3) is 15.9 Å². The fourth-order valence-electron chi connectivity index (χ4n) is 5.01. The molecule has 0 aliphatic carbocycles. The molecule has 2 aliphatic rings. The third-order valence-electron chi connectivity index (χ3n) is 6.98. The van der Waals surface area contributed by atoms with Gasteiger partial charge in [-0.15, -0.1) is 11.3 Å². The minimum Gasteiger partial charge on any atom is -0.462 e. The number of nitrogens with one attached hydrogen (secondary N) is 1. The van der Waals surface area contributed by atoms with Crippen LogP contribution in [0.2, 0.25) is 0 Å². The van der Waals surface area contributed by atoms with E-state index in [-0.39, 0.29) is 23.0 Å². The zero-order chi connectivity index (χ0) is 27.7. The number of aryl methyl sites for hydroxylation is 1. The summed E-state index contributed by atoms with van der Waals surface area (Å²) in [5.74, 6) is -1.06. The van der Waals surface area contributed by atoms with Crippen LogP contribution in [0.15, 0.2) is 53.4 Å².